The molecule has 0 saturated carbocycles. The summed E-state index contributed by atoms with van der Waals surface area (Å²) in [5.74, 6) is -0.659. The average Bonchev–Trinajstić information content (AvgIpc) is 2.50. The van der Waals surface area contributed by atoms with E-state index in [-0.39, 0.29) is 31.0 Å². The van der Waals surface area contributed by atoms with Crippen molar-refractivity contribution in [1.82, 2.24) is 0 Å². The van der Waals surface area contributed by atoms with E-state index in [9.17, 15) is 13.2 Å². The summed E-state index contributed by atoms with van der Waals surface area (Å²) in [6, 6.07) is 0. The van der Waals surface area contributed by atoms with Crippen LogP contribution in [0.5, 0.6) is 0 Å². The van der Waals surface area contributed by atoms with Gasteiger partial charge in [0.15, 0.2) is 0 Å². The molecule has 0 radical (unpaired) electrons. The fraction of sp³-hybridized carbons (Fsp3) is 0.933. The van der Waals surface area contributed by atoms with E-state index in [2.05, 4.69) is 11.1 Å². The topological polar surface area (TPSA) is 141 Å². The molecule has 148 valence electrons. The quantitative estimate of drug-likeness (QED) is 0.171. The Morgan fingerprint density at radius 1 is 1.04 bits per heavy atom. The van der Waals surface area contributed by atoms with Crippen molar-refractivity contribution in [2.45, 2.75) is 77.2 Å². The van der Waals surface area contributed by atoms with Crippen molar-refractivity contribution < 1.29 is 68.3 Å². The number of rotatable bonds is 14. The molecule has 0 aromatic rings. The molecule has 0 spiro atoms. The Morgan fingerprint density at radius 2 is 1.48 bits per heavy atom. The minimum Gasteiger partial charge on any atom is -1.00 e. The molecule has 10 heteroatoms. The van der Waals surface area contributed by atoms with Gasteiger partial charge in [-0.2, -0.15) is 8.42 Å². The van der Waals surface area contributed by atoms with Crippen LogP contribution < -0.4 is 29.6 Å². The fourth-order valence-corrected chi connectivity index (χ4v) is 2.13. The van der Waals surface area contributed by atoms with Crippen molar-refractivity contribution in [3.8, 4) is 0 Å². The van der Waals surface area contributed by atoms with Gasteiger partial charge in [-0.15, -0.1) is 0 Å². The Morgan fingerprint density at radius 3 is 1.84 bits per heavy atom. The summed E-state index contributed by atoms with van der Waals surface area (Å²) >= 11 is 0. The van der Waals surface area contributed by atoms with E-state index in [1.54, 1.807) is 0 Å². The van der Waals surface area contributed by atoms with Gasteiger partial charge < -0.3 is 16.7 Å². The number of carboxylic acid groups (broad SMARTS) is 1. The first kappa shape index (κ1) is 30.0. The van der Waals surface area contributed by atoms with Gasteiger partial charge in [0, 0.05) is 6.42 Å². The van der Waals surface area contributed by atoms with Gasteiger partial charge >= 0.3 is 45.9 Å². The molecule has 0 heterocycles. The van der Waals surface area contributed by atoms with Crippen molar-refractivity contribution in [2.24, 2.45) is 0 Å². The second kappa shape index (κ2) is 20.6. The Kier molecular flexibility index (Phi) is 24.7. The maximum Gasteiger partial charge on any atom is 1.00 e. The molecule has 1 atom stereocenters. The van der Waals surface area contributed by atoms with Crippen LogP contribution in [-0.2, 0) is 19.4 Å². The zero-order chi connectivity index (χ0) is 18.8. The first-order chi connectivity index (χ1) is 11.2. The van der Waals surface area contributed by atoms with Crippen LogP contribution in [0.1, 0.15) is 72.6 Å². The number of aliphatic carboxylic acids is 1. The normalized spacial score (nSPS) is 11.8. The zero-order valence-electron chi connectivity index (χ0n) is 16.4. The summed E-state index contributed by atoms with van der Waals surface area (Å²) in [5, 5.41) is 25.0. The predicted octanol–water partition coefficient (Wildman–Crippen LogP) is -0.733. The first-order valence-electron chi connectivity index (χ1n) is 8.35. The van der Waals surface area contributed by atoms with Crippen LogP contribution in [-0.4, -0.2) is 53.6 Å². The molecule has 4 N–H and O–H groups in total. The Labute approximate surface area is 174 Å². The number of carbonyl (C=O) groups is 1. The summed E-state index contributed by atoms with van der Waals surface area (Å²) in [4.78, 5) is 10.2. The van der Waals surface area contributed by atoms with Crippen molar-refractivity contribution in [1.29, 1.82) is 0 Å². The maximum atomic E-state index is 10.2. The van der Waals surface area contributed by atoms with E-state index in [1.165, 1.54) is 44.9 Å². The molecule has 0 saturated heterocycles. The van der Waals surface area contributed by atoms with Gasteiger partial charge in [0.25, 0.3) is 0 Å². The van der Waals surface area contributed by atoms with Gasteiger partial charge in [0.05, 0.1) is 13.2 Å². The predicted molar refractivity (Wildman–Crippen MR) is 91.2 cm³/mol. The first-order valence-corrected chi connectivity index (χ1v) is 9.72. The summed E-state index contributed by atoms with van der Waals surface area (Å²) in [7, 11) is -4.50. The smallest absolute Gasteiger partial charge is 1.00 e. The van der Waals surface area contributed by atoms with E-state index >= 15 is 0 Å². The van der Waals surface area contributed by atoms with Crippen LogP contribution in [0.2, 0.25) is 0 Å². The number of hydrogen-bond acceptors (Lipinski definition) is 6. The molecule has 0 aromatic heterocycles. The summed E-state index contributed by atoms with van der Waals surface area (Å²) in [6.45, 7) is 0.969. The second-order valence-corrected chi connectivity index (χ2v) is 6.61. The van der Waals surface area contributed by atoms with Crippen molar-refractivity contribution in [3.63, 3.8) is 0 Å². The molecular weight excluding hydrogens is 363 g/mol. The summed E-state index contributed by atoms with van der Waals surface area (Å²) in [6.07, 6.45) is 10.2. The third kappa shape index (κ3) is 32.4. The van der Waals surface area contributed by atoms with E-state index < -0.39 is 35.7 Å². The molecule has 0 fully saturated rings. The monoisotopic (exact) mass is 396 g/mol. The third-order valence-electron chi connectivity index (χ3n) is 3.11. The number of aliphatic hydroxyl groups excluding tert-OH is 2. The van der Waals surface area contributed by atoms with E-state index in [1.807, 2.05) is 0 Å². The van der Waals surface area contributed by atoms with E-state index in [0.717, 1.165) is 12.8 Å². The Balaban J connectivity index is -0.000000181. The van der Waals surface area contributed by atoms with Gasteiger partial charge in [-0.05, 0) is 6.42 Å². The van der Waals surface area contributed by atoms with Gasteiger partial charge in [-0.25, -0.2) is 4.18 Å². The minimum absolute atomic E-state index is 0. The van der Waals surface area contributed by atoms with Gasteiger partial charge in [0.1, 0.15) is 6.10 Å². The Bertz CT molecular complexity index is 395. The molecule has 0 aromatic carbocycles. The van der Waals surface area contributed by atoms with E-state index in [0.29, 0.717) is 6.42 Å². The minimum atomic E-state index is -4.50. The van der Waals surface area contributed by atoms with E-state index in [4.69, 9.17) is 19.9 Å². The number of aliphatic hydroxyl groups is 2. The summed E-state index contributed by atoms with van der Waals surface area (Å²) in [5.41, 5.74) is 0. The van der Waals surface area contributed by atoms with Crippen molar-refractivity contribution in [3.05, 3.63) is 0 Å². The molecule has 0 aliphatic carbocycles. The molecular formula is C15H33NaO8S. The van der Waals surface area contributed by atoms with Crippen LogP contribution in [0.15, 0.2) is 0 Å². The second-order valence-electron chi connectivity index (χ2n) is 5.52. The third-order valence-corrected chi connectivity index (χ3v) is 3.55. The van der Waals surface area contributed by atoms with Crippen LogP contribution in [0.4, 0.5) is 0 Å². The number of carboxylic acids is 1. The Hall–Kier alpha value is 0.260. The van der Waals surface area contributed by atoms with Crippen LogP contribution in [0, 0.1) is 0 Å². The molecule has 25 heavy (non-hydrogen) atoms. The average molecular weight is 396 g/mol. The van der Waals surface area contributed by atoms with Crippen molar-refractivity contribution >= 4 is 16.4 Å². The van der Waals surface area contributed by atoms with Crippen molar-refractivity contribution in [2.75, 3.05) is 13.2 Å². The van der Waals surface area contributed by atoms with Gasteiger partial charge in [0.2, 0.25) is 0 Å². The fourth-order valence-electron chi connectivity index (χ4n) is 1.80. The number of hydrogen-bond donors (Lipinski definition) is 4. The van der Waals surface area contributed by atoms with Crippen LogP contribution >= 0.6 is 0 Å². The SMILES string of the molecule is CCCCCCCCCCCC(=O)O.O=S(=O)(O)OCC(O)CO.[H-].[Na+]. The largest absolute Gasteiger partial charge is 1.00 e. The molecule has 0 aliphatic heterocycles. The van der Waals surface area contributed by atoms with Gasteiger partial charge in [-0.1, -0.05) is 58.3 Å². The molecule has 0 aliphatic rings. The number of unbranched alkanes of at least 4 members (excludes halogenated alkanes) is 8. The van der Waals surface area contributed by atoms with Crippen LogP contribution in [0.25, 0.3) is 0 Å². The maximum absolute atomic E-state index is 10.2. The molecule has 1 unspecified atom stereocenters. The van der Waals surface area contributed by atoms with Gasteiger partial charge in [-0.3, -0.25) is 9.35 Å². The molecule has 8 nitrogen and oxygen atoms in total. The standard InChI is InChI=1S/C12H24O2.C3H8O6S.Na.H/c1-2-3-4-5-6-7-8-9-10-11-12(13)14;4-1-3(5)2-9-10(6,7)8;;/h2-11H2,1H3,(H,13,14);3-5H,1-2H2,(H,6,7,8);;/q;;+1;-1. The molecule has 0 bridgehead atoms. The zero-order valence-corrected chi connectivity index (χ0v) is 18.2. The molecule has 0 rings (SSSR count). The van der Waals surface area contributed by atoms with Crippen LogP contribution in [0.3, 0.4) is 0 Å². The molecule has 0 amide bonds. The summed E-state index contributed by atoms with van der Waals surface area (Å²) < 4.78 is 31.2.